The van der Waals surface area contributed by atoms with Gasteiger partial charge in [-0.25, -0.2) is 5.84 Å². The lowest BCUT2D eigenvalue weighted by atomic mass is 10.0. The second-order valence-corrected chi connectivity index (χ2v) is 4.17. The molecule has 15 heavy (non-hydrogen) atoms. The van der Waals surface area contributed by atoms with Gasteiger partial charge in [-0.2, -0.15) is 0 Å². The van der Waals surface area contributed by atoms with E-state index in [-0.39, 0.29) is 0 Å². The molecule has 0 amide bonds. The van der Waals surface area contributed by atoms with Gasteiger partial charge in [-0.15, -0.1) is 0 Å². The first kappa shape index (κ1) is 10.1. The van der Waals surface area contributed by atoms with Crippen molar-refractivity contribution in [3.63, 3.8) is 0 Å². The molecule has 0 spiro atoms. The van der Waals surface area contributed by atoms with Crippen molar-refractivity contribution in [2.45, 2.75) is 20.8 Å². The molecule has 1 aliphatic heterocycles. The van der Waals surface area contributed by atoms with E-state index in [2.05, 4.69) is 37.8 Å². The van der Waals surface area contributed by atoms with E-state index in [4.69, 9.17) is 5.84 Å². The Bertz CT molecular complexity index is 386. The van der Waals surface area contributed by atoms with Gasteiger partial charge in [-0.05, 0) is 31.9 Å². The van der Waals surface area contributed by atoms with Crippen molar-refractivity contribution in [3.8, 4) is 0 Å². The molecule has 1 aromatic carbocycles. The Hall–Kier alpha value is -1.48. The average molecular weight is 203 g/mol. The summed E-state index contributed by atoms with van der Waals surface area (Å²) in [4.78, 5) is 2.17. The van der Waals surface area contributed by atoms with Gasteiger partial charge in [0.25, 0.3) is 0 Å². The Kier molecular flexibility index (Phi) is 2.40. The van der Waals surface area contributed by atoms with E-state index >= 15 is 0 Å². The average Bonchev–Trinajstić information content (AvgIpc) is 2.49. The maximum Gasteiger partial charge on any atom is 0.109 e. The van der Waals surface area contributed by atoms with E-state index in [9.17, 15) is 0 Å². The summed E-state index contributed by atoms with van der Waals surface area (Å²) in [6, 6.07) is 4.41. The lowest BCUT2D eigenvalue weighted by Crippen LogP contribution is -2.30. The molecular formula is C12H17N3. The quantitative estimate of drug-likeness (QED) is 0.709. The Morgan fingerprint density at radius 3 is 2.13 bits per heavy atom. The van der Waals surface area contributed by atoms with Gasteiger partial charge in [-0.1, -0.05) is 17.7 Å². The standard InChI is InChI=1S/C12H17N3/c1-9-6-10(2)12(11(3)7-9)14-4-5-15(13)8-14/h4-7H,8,13H2,1-3H3. The zero-order valence-electron chi connectivity index (χ0n) is 9.49. The van der Waals surface area contributed by atoms with Crippen LogP contribution in [0.3, 0.4) is 0 Å². The number of aryl methyl sites for hydroxylation is 3. The maximum atomic E-state index is 5.70. The number of benzene rings is 1. The van der Waals surface area contributed by atoms with Gasteiger partial charge in [0.2, 0.25) is 0 Å². The molecule has 0 atom stereocenters. The molecular weight excluding hydrogens is 186 g/mol. The Morgan fingerprint density at radius 1 is 1.07 bits per heavy atom. The molecule has 0 bridgehead atoms. The van der Waals surface area contributed by atoms with Crippen molar-refractivity contribution >= 4 is 5.69 Å². The minimum atomic E-state index is 0.727. The van der Waals surface area contributed by atoms with Crippen LogP contribution in [0.1, 0.15) is 16.7 Å². The molecule has 0 aromatic heterocycles. The molecule has 1 aromatic rings. The number of nitrogens with zero attached hydrogens (tertiary/aromatic N) is 2. The third-order valence-electron chi connectivity index (χ3n) is 2.68. The normalized spacial score (nSPS) is 15.2. The summed E-state index contributed by atoms with van der Waals surface area (Å²) < 4.78 is 0. The number of rotatable bonds is 1. The molecule has 2 N–H and O–H groups in total. The van der Waals surface area contributed by atoms with E-state index in [1.54, 1.807) is 5.01 Å². The van der Waals surface area contributed by atoms with E-state index in [1.807, 2.05) is 12.4 Å². The summed E-state index contributed by atoms with van der Waals surface area (Å²) in [5, 5.41) is 1.68. The number of hydrogen-bond acceptors (Lipinski definition) is 3. The minimum absolute atomic E-state index is 0.727. The summed E-state index contributed by atoms with van der Waals surface area (Å²) in [5.74, 6) is 5.70. The van der Waals surface area contributed by atoms with E-state index in [0.29, 0.717) is 0 Å². The topological polar surface area (TPSA) is 32.5 Å². The third-order valence-corrected chi connectivity index (χ3v) is 2.68. The van der Waals surface area contributed by atoms with Gasteiger partial charge < -0.3 is 4.90 Å². The first-order valence-corrected chi connectivity index (χ1v) is 5.12. The summed E-state index contributed by atoms with van der Waals surface area (Å²) in [7, 11) is 0. The first-order valence-electron chi connectivity index (χ1n) is 5.12. The van der Waals surface area contributed by atoms with Gasteiger partial charge >= 0.3 is 0 Å². The second kappa shape index (κ2) is 3.59. The minimum Gasteiger partial charge on any atom is -0.327 e. The molecule has 80 valence electrons. The highest BCUT2D eigenvalue weighted by molar-refractivity contribution is 5.62. The fraction of sp³-hybridized carbons (Fsp3) is 0.333. The van der Waals surface area contributed by atoms with E-state index in [1.165, 1.54) is 22.4 Å². The fourth-order valence-electron chi connectivity index (χ4n) is 2.21. The van der Waals surface area contributed by atoms with Crippen LogP contribution in [-0.4, -0.2) is 11.7 Å². The van der Waals surface area contributed by atoms with Gasteiger partial charge in [0.05, 0.1) is 0 Å². The van der Waals surface area contributed by atoms with Crippen molar-refractivity contribution in [2.75, 3.05) is 11.6 Å². The Balaban J connectivity index is 2.40. The Morgan fingerprint density at radius 2 is 1.67 bits per heavy atom. The molecule has 1 aliphatic rings. The molecule has 3 nitrogen and oxygen atoms in total. The predicted octanol–water partition coefficient (Wildman–Crippen LogP) is 2.04. The van der Waals surface area contributed by atoms with Crippen LogP contribution in [0, 0.1) is 20.8 Å². The van der Waals surface area contributed by atoms with Crippen molar-refractivity contribution in [1.82, 2.24) is 5.01 Å². The smallest absolute Gasteiger partial charge is 0.109 e. The van der Waals surface area contributed by atoms with Gasteiger partial charge in [0.1, 0.15) is 6.67 Å². The highest BCUT2D eigenvalue weighted by Gasteiger charge is 2.15. The summed E-state index contributed by atoms with van der Waals surface area (Å²) in [6.45, 7) is 7.13. The lowest BCUT2D eigenvalue weighted by Gasteiger charge is -2.22. The van der Waals surface area contributed by atoms with Crippen LogP contribution >= 0.6 is 0 Å². The molecule has 0 radical (unpaired) electrons. The molecule has 0 saturated carbocycles. The van der Waals surface area contributed by atoms with Crippen LogP contribution in [0.4, 0.5) is 5.69 Å². The van der Waals surface area contributed by atoms with Gasteiger partial charge in [0, 0.05) is 18.1 Å². The predicted molar refractivity (Wildman–Crippen MR) is 63.2 cm³/mol. The van der Waals surface area contributed by atoms with Crippen LogP contribution in [-0.2, 0) is 0 Å². The number of nitrogens with two attached hydrogens (primary N) is 1. The van der Waals surface area contributed by atoms with Crippen molar-refractivity contribution in [2.24, 2.45) is 5.84 Å². The number of hydrazine groups is 1. The van der Waals surface area contributed by atoms with Gasteiger partial charge in [-0.3, -0.25) is 5.01 Å². The zero-order chi connectivity index (χ0) is 11.0. The van der Waals surface area contributed by atoms with Crippen LogP contribution in [0.5, 0.6) is 0 Å². The monoisotopic (exact) mass is 203 g/mol. The largest absolute Gasteiger partial charge is 0.327 e. The van der Waals surface area contributed by atoms with E-state index in [0.717, 1.165) is 6.67 Å². The highest BCUT2D eigenvalue weighted by Crippen LogP contribution is 2.27. The molecule has 1 heterocycles. The number of anilines is 1. The summed E-state index contributed by atoms with van der Waals surface area (Å²) in [6.07, 6.45) is 3.91. The molecule has 0 aliphatic carbocycles. The summed E-state index contributed by atoms with van der Waals surface area (Å²) in [5.41, 5.74) is 5.17. The van der Waals surface area contributed by atoms with Crippen molar-refractivity contribution in [3.05, 3.63) is 41.2 Å². The molecule has 0 saturated heterocycles. The van der Waals surface area contributed by atoms with E-state index < -0.39 is 0 Å². The number of hydrogen-bond donors (Lipinski definition) is 1. The van der Waals surface area contributed by atoms with Crippen LogP contribution in [0.15, 0.2) is 24.5 Å². The maximum absolute atomic E-state index is 5.70. The lowest BCUT2D eigenvalue weighted by molar-refractivity contribution is 0.428. The van der Waals surface area contributed by atoms with Crippen LogP contribution < -0.4 is 10.7 Å². The third kappa shape index (κ3) is 1.83. The van der Waals surface area contributed by atoms with Crippen molar-refractivity contribution < 1.29 is 0 Å². The zero-order valence-corrected chi connectivity index (χ0v) is 9.49. The van der Waals surface area contributed by atoms with Gasteiger partial charge in [0.15, 0.2) is 0 Å². The fourth-order valence-corrected chi connectivity index (χ4v) is 2.21. The molecule has 3 heteroatoms. The van der Waals surface area contributed by atoms with Crippen LogP contribution in [0.2, 0.25) is 0 Å². The second-order valence-electron chi connectivity index (χ2n) is 4.17. The molecule has 0 unspecified atom stereocenters. The first-order chi connectivity index (χ1) is 7.08. The molecule has 2 rings (SSSR count). The molecule has 0 fully saturated rings. The Labute approximate surface area is 90.8 Å². The summed E-state index contributed by atoms with van der Waals surface area (Å²) >= 11 is 0. The SMILES string of the molecule is Cc1cc(C)c(N2C=CN(N)C2)c(C)c1. The highest BCUT2D eigenvalue weighted by atomic mass is 15.5. The van der Waals surface area contributed by atoms with Crippen LogP contribution in [0.25, 0.3) is 0 Å². The van der Waals surface area contributed by atoms with Crippen molar-refractivity contribution in [1.29, 1.82) is 0 Å².